The second kappa shape index (κ2) is 9.61. The van der Waals surface area contributed by atoms with Crippen molar-refractivity contribution >= 4 is 11.9 Å². The van der Waals surface area contributed by atoms with Gasteiger partial charge in [0.05, 0.1) is 0 Å². The van der Waals surface area contributed by atoms with Gasteiger partial charge in [0, 0.05) is 39.3 Å². The SMILES string of the molecule is CCNC(=O)c1cccc(CNC(=NC)N(C)Cc2ccccc2C)c1. The molecule has 0 atom stereocenters. The lowest BCUT2D eigenvalue weighted by atomic mass is 10.1. The molecule has 2 aromatic rings. The summed E-state index contributed by atoms with van der Waals surface area (Å²) >= 11 is 0. The first-order valence-electron chi connectivity index (χ1n) is 8.88. The van der Waals surface area contributed by atoms with Crippen LogP contribution in [0.3, 0.4) is 0 Å². The Morgan fingerprint density at radius 1 is 1.12 bits per heavy atom. The molecule has 0 bridgehead atoms. The minimum Gasteiger partial charge on any atom is -0.352 e. The first-order valence-corrected chi connectivity index (χ1v) is 8.88. The Labute approximate surface area is 156 Å². The number of carbonyl (C=O) groups excluding carboxylic acids is 1. The molecule has 2 N–H and O–H groups in total. The zero-order valence-electron chi connectivity index (χ0n) is 16.0. The third-order valence-corrected chi connectivity index (χ3v) is 4.22. The zero-order chi connectivity index (χ0) is 18.9. The number of guanidine groups is 1. The number of amides is 1. The summed E-state index contributed by atoms with van der Waals surface area (Å²) in [5, 5.41) is 6.19. The first kappa shape index (κ1) is 19.5. The highest BCUT2D eigenvalue weighted by atomic mass is 16.1. The van der Waals surface area contributed by atoms with Gasteiger partial charge in [0.15, 0.2) is 5.96 Å². The van der Waals surface area contributed by atoms with Crippen LogP contribution in [0, 0.1) is 6.92 Å². The number of aliphatic imine (C=N–C) groups is 1. The van der Waals surface area contributed by atoms with Crippen molar-refractivity contribution in [2.24, 2.45) is 4.99 Å². The lowest BCUT2D eigenvalue weighted by Crippen LogP contribution is -2.38. The van der Waals surface area contributed by atoms with E-state index in [0.717, 1.165) is 18.1 Å². The largest absolute Gasteiger partial charge is 0.352 e. The van der Waals surface area contributed by atoms with Crippen LogP contribution in [0.5, 0.6) is 0 Å². The van der Waals surface area contributed by atoms with Gasteiger partial charge in [-0.05, 0) is 42.7 Å². The Balaban J connectivity index is 1.99. The molecule has 0 unspecified atom stereocenters. The van der Waals surface area contributed by atoms with Gasteiger partial charge in [-0.15, -0.1) is 0 Å². The van der Waals surface area contributed by atoms with Crippen molar-refractivity contribution in [3.8, 4) is 0 Å². The first-order chi connectivity index (χ1) is 12.5. The molecular formula is C21H28N4O. The van der Waals surface area contributed by atoms with Crippen LogP contribution in [0.25, 0.3) is 0 Å². The molecule has 0 heterocycles. The zero-order valence-corrected chi connectivity index (χ0v) is 16.0. The number of hydrogen-bond acceptors (Lipinski definition) is 2. The van der Waals surface area contributed by atoms with E-state index < -0.39 is 0 Å². The maximum atomic E-state index is 12.0. The fourth-order valence-corrected chi connectivity index (χ4v) is 2.77. The van der Waals surface area contributed by atoms with Crippen molar-refractivity contribution in [1.29, 1.82) is 0 Å². The van der Waals surface area contributed by atoms with E-state index in [9.17, 15) is 4.79 Å². The normalized spacial score (nSPS) is 11.2. The molecule has 0 aliphatic rings. The summed E-state index contributed by atoms with van der Waals surface area (Å²) in [6, 6.07) is 16.0. The predicted octanol–water partition coefficient (Wildman–Crippen LogP) is 2.95. The summed E-state index contributed by atoms with van der Waals surface area (Å²) in [4.78, 5) is 18.4. The topological polar surface area (TPSA) is 56.7 Å². The molecule has 0 saturated carbocycles. The molecule has 5 nitrogen and oxygen atoms in total. The summed E-state index contributed by atoms with van der Waals surface area (Å²) < 4.78 is 0. The number of benzene rings is 2. The van der Waals surface area contributed by atoms with E-state index in [1.54, 1.807) is 7.05 Å². The van der Waals surface area contributed by atoms with E-state index >= 15 is 0 Å². The number of aryl methyl sites for hydroxylation is 1. The van der Waals surface area contributed by atoms with Crippen molar-refractivity contribution < 1.29 is 4.79 Å². The smallest absolute Gasteiger partial charge is 0.251 e. The van der Waals surface area contributed by atoms with E-state index in [2.05, 4.69) is 45.6 Å². The van der Waals surface area contributed by atoms with Crippen LogP contribution in [0.4, 0.5) is 0 Å². The average molecular weight is 352 g/mol. The molecule has 0 aliphatic carbocycles. The molecule has 0 aromatic heterocycles. The fraction of sp³-hybridized carbons (Fsp3) is 0.333. The summed E-state index contributed by atoms with van der Waals surface area (Å²) in [5.41, 5.74) is 4.26. The van der Waals surface area contributed by atoms with E-state index in [0.29, 0.717) is 18.7 Å². The Hall–Kier alpha value is -2.82. The highest BCUT2D eigenvalue weighted by Crippen LogP contribution is 2.10. The lowest BCUT2D eigenvalue weighted by Gasteiger charge is -2.23. The van der Waals surface area contributed by atoms with Gasteiger partial charge in [-0.25, -0.2) is 0 Å². The second-order valence-corrected chi connectivity index (χ2v) is 6.24. The third kappa shape index (κ3) is 5.34. The van der Waals surface area contributed by atoms with E-state index in [4.69, 9.17) is 0 Å². The number of rotatable bonds is 6. The summed E-state index contributed by atoms with van der Waals surface area (Å²) in [7, 11) is 3.80. The molecule has 138 valence electrons. The van der Waals surface area contributed by atoms with Gasteiger partial charge in [-0.3, -0.25) is 9.79 Å². The van der Waals surface area contributed by atoms with Crippen molar-refractivity contribution in [1.82, 2.24) is 15.5 Å². The molecule has 0 saturated heterocycles. The van der Waals surface area contributed by atoms with Gasteiger partial charge in [0.1, 0.15) is 0 Å². The van der Waals surface area contributed by atoms with Crippen molar-refractivity contribution in [2.75, 3.05) is 20.6 Å². The molecular weight excluding hydrogens is 324 g/mol. The minimum absolute atomic E-state index is 0.0459. The van der Waals surface area contributed by atoms with Gasteiger partial charge in [0.2, 0.25) is 0 Å². The van der Waals surface area contributed by atoms with E-state index in [1.165, 1.54) is 11.1 Å². The third-order valence-electron chi connectivity index (χ3n) is 4.22. The molecule has 1 amide bonds. The molecule has 26 heavy (non-hydrogen) atoms. The molecule has 2 aromatic carbocycles. The molecule has 0 radical (unpaired) electrons. The van der Waals surface area contributed by atoms with Crippen LogP contribution in [-0.2, 0) is 13.1 Å². The summed E-state index contributed by atoms with van der Waals surface area (Å²) in [6.07, 6.45) is 0. The molecule has 2 rings (SSSR count). The van der Waals surface area contributed by atoms with Gasteiger partial charge >= 0.3 is 0 Å². The van der Waals surface area contributed by atoms with Crippen LogP contribution in [0.15, 0.2) is 53.5 Å². The number of nitrogens with zero attached hydrogens (tertiary/aromatic N) is 2. The number of hydrogen-bond donors (Lipinski definition) is 2. The lowest BCUT2D eigenvalue weighted by molar-refractivity contribution is 0.0955. The van der Waals surface area contributed by atoms with Gasteiger partial charge in [-0.2, -0.15) is 0 Å². The van der Waals surface area contributed by atoms with Crippen molar-refractivity contribution in [3.05, 3.63) is 70.8 Å². The predicted molar refractivity (Wildman–Crippen MR) is 107 cm³/mol. The number of carbonyl (C=O) groups is 1. The van der Waals surface area contributed by atoms with Gasteiger partial charge < -0.3 is 15.5 Å². The quantitative estimate of drug-likeness (QED) is 0.621. The molecule has 0 spiro atoms. The Bertz CT molecular complexity index is 770. The Morgan fingerprint density at radius 2 is 1.88 bits per heavy atom. The van der Waals surface area contributed by atoms with Crippen LogP contribution < -0.4 is 10.6 Å². The summed E-state index contributed by atoms with van der Waals surface area (Å²) in [6.45, 7) is 6.05. The van der Waals surface area contributed by atoms with Crippen LogP contribution >= 0.6 is 0 Å². The summed E-state index contributed by atoms with van der Waals surface area (Å²) in [5.74, 6) is 0.770. The fourth-order valence-electron chi connectivity index (χ4n) is 2.77. The maximum Gasteiger partial charge on any atom is 0.251 e. The second-order valence-electron chi connectivity index (χ2n) is 6.24. The maximum absolute atomic E-state index is 12.0. The van der Waals surface area contributed by atoms with Gasteiger partial charge in [-0.1, -0.05) is 36.4 Å². The molecule has 0 fully saturated rings. The molecule has 0 aliphatic heterocycles. The van der Waals surface area contributed by atoms with Gasteiger partial charge in [0.25, 0.3) is 5.91 Å². The van der Waals surface area contributed by atoms with E-state index in [-0.39, 0.29) is 5.91 Å². The van der Waals surface area contributed by atoms with Crippen LogP contribution in [0.1, 0.15) is 34.0 Å². The Kier molecular flexibility index (Phi) is 7.21. The van der Waals surface area contributed by atoms with Crippen molar-refractivity contribution in [3.63, 3.8) is 0 Å². The Morgan fingerprint density at radius 3 is 2.58 bits per heavy atom. The average Bonchev–Trinajstić information content (AvgIpc) is 2.64. The number of nitrogens with one attached hydrogen (secondary N) is 2. The highest BCUT2D eigenvalue weighted by molar-refractivity contribution is 5.94. The van der Waals surface area contributed by atoms with Crippen molar-refractivity contribution in [2.45, 2.75) is 26.9 Å². The van der Waals surface area contributed by atoms with E-state index in [1.807, 2.05) is 44.3 Å². The molecule has 5 heteroatoms. The highest BCUT2D eigenvalue weighted by Gasteiger charge is 2.09. The van der Waals surface area contributed by atoms with Crippen LogP contribution in [0.2, 0.25) is 0 Å². The minimum atomic E-state index is -0.0459. The standard InChI is InChI=1S/C21H28N4O/c1-5-23-20(26)18-12-8-10-17(13-18)14-24-21(22-3)25(4)15-19-11-7-6-9-16(19)2/h6-13H,5,14-15H2,1-4H3,(H,22,24)(H,23,26). The van der Waals surface area contributed by atoms with Crippen LogP contribution in [-0.4, -0.2) is 37.4 Å². The monoisotopic (exact) mass is 352 g/mol.